The largest absolute Gasteiger partial charge is 0.459 e. The summed E-state index contributed by atoms with van der Waals surface area (Å²) in [5, 5.41) is 4.25. The van der Waals surface area contributed by atoms with E-state index in [1.54, 1.807) is 0 Å². The smallest absolute Gasteiger partial charge is 0.318 e. The van der Waals surface area contributed by atoms with Crippen LogP contribution < -0.4 is 5.32 Å². The molecule has 3 heterocycles. The van der Waals surface area contributed by atoms with E-state index in [2.05, 4.69) is 29.1 Å². The predicted molar refractivity (Wildman–Crippen MR) is 113 cm³/mol. The Hall–Kier alpha value is -3.47. The number of aromatic nitrogens is 1. The first-order valence-corrected chi connectivity index (χ1v) is 9.96. The molecule has 2 amide bonds. The molecule has 2 aromatic carbocycles. The third-order valence-electron chi connectivity index (χ3n) is 5.73. The summed E-state index contributed by atoms with van der Waals surface area (Å²) >= 11 is 0. The molecule has 29 heavy (non-hydrogen) atoms. The molecule has 1 aliphatic heterocycles. The first-order chi connectivity index (χ1) is 14.2. The van der Waals surface area contributed by atoms with E-state index >= 15 is 0 Å². The Kier molecular flexibility index (Phi) is 4.35. The van der Waals surface area contributed by atoms with Gasteiger partial charge in [-0.2, -0.15) is 0 Å². The molecule has 0 saturated carbocycles. The maximum absolute atomic E-state index is 13.3. The Morgan fingerprint density at radius 1 is 1.03 bits per heavy atom. The molecule has 4 aromatic rings. The summed E-state index contributed by atoms with van der Waals surface area (Å²) < 4.78 is 8.32. The van der Waals surface area contributed by atoms with Gasteiger partial charge in [0.2, 0.25) is 0 Å². The second-order valence-corrected chi connectivity index (χ2v) is 7.48. The minimum atomic E-state index is -0.350. The molecule has 5 heteroatoms. The molecule has 5 nitrogen and oxygen atoms in total. The average Bonchev–Trinajstić information content (AvgIpc) is 3.40. The van der Waals surface area contributed by atoms with Crippen LogP contribution in [-0.2, 0) is 6.54 Å². The molecule has 0 radical (unpaired) electrons. The molecule has 0 spiro atoms. The number of carbonyl (C=O) groups is 1. The number of urea groups is 1. The summed E-state index contributed by atoms with van der Waals surface area (Å²) in [6.45, 7) is 3.56. The molecule has 2 unspecified atom stereocenters. The van der Waals surface area contributed by atoms with Crippen LogP contribution in [0.5, 0.6) is 0 Å². The van der Waals surface area contributed by atoms with Gasteiger partial charge in [0.1, 0.15) is 17.4 Å². The number of fused-ring (bicyclic) bond motifs is 2. The highest BCUT2D eigenvalue weighted by atomic mass is 16.3. The van der Waals surface area contributed by atoms with Gasteiger partial charge in [-0.25, -0.2) is 4.79 Å². The fourth-order valence-corrected chi connectivity index (χ4v) is 4.17. The number of carbonyl (C=O) groups excluding carboxylic acids is 1. The van der Waals surface area contributed by atoms with Gasteiger partial charge in [-0.1, -0.05) is 48.5 Å². The average molecular weight is 385 g/mol. The number of para-hydroxylation sites is 1. The van der Waals surface area contributed by atoms with Crippen LogP contribution in [0.3, 0.4) is 0 Å². The molecule has 0 fully saturated rings. The fraction of sp³-hybridized carbons (Fsp3) is 0.208. The summed E-state index contributed by atoms with van der Waals surface area (Å²) in [4.78, 5) is 15.2. The molecule has 0 bridgehead atoms. The van der Waals surface area contributed by atoms with Crippen molar-refractivity contribution in [2.24, 2.45) is 0 Å². The lowest BCUT2D eigenvalue weighted by atomic mass is 10.0. The lowest BCUT2D eigenvalue weighted by Gasteiger charge is -2.35. The molecule has 0 aliphatic carbocycles. The summed E-state index contributed by atoms with van der Waals surface area (Å²) in [6, 6.07) is 23.6. The number of hydrogen-bond acceptors (Lipinski definition) is 2. The SMILES string of the molecule is CC1c2cccn2CCN1C(=O)NC(c1ccccc1)c1cc2ccccc2o1. The molecule has 146 valence electrons. The number of rotatable bonds is 3. The van der Waals surface area contributed by atoms with Crippen molar-refractivity contribution >= 4 is 17.0 Å². The van der Waals surface area contributed by atoms with Gasteiger partial charge in [-0.05, 0) is 36.8 Å². The van der Waals surface area contributed by atoms with E-state index in [9.17, 15) is 4.79 Å². The van der Waals surface area contributed by atoms with Gasteiger partial charge in [0, 0.05) is 30.4 Å². The Balaban J connectivity index is 1.47. The Morgan fingerprint density at radius 2 is 1.83 bits per heavy atom. The van der Waals surface area contributed by atoms with Crippen LogP contribution in [0.15, 0.2) is 83.4 Å². The second-order valence-electron chi connectivity index (χ2n) is 7.48. The lowest BCUT2D eigenvalue weighted by molar-refractivity contribution is 0.159. The molecule has 2 aromatic heterocycles. The number of hydrogen-bond donors (Lipinski definition) is 1. The van der Waals surface area contributed by atoms with Gasteiger partial charge in [-0.15, -0.1) is 0 Å². The lowest BCUT2D eigenvalue weighted by Crippen LogP contribution is -2.47. The van der Waals surface area contributed by atoms with Gasteiger partial charge in [0.05, 0.1) is 6.04 Å². The maximum Gasteiger partial charge on any atom is 0.318 e. The fourth-order valence-electron chi connectivity index (χ4n) is 4.17. The van der Waals surface area contributed by atoms with Gasteiger partial charge in [0.15, 0.2) is 0 Å². The van der Waals surface area contributed by atoms with E-state index in [4.69, 9.17) is 4.42 Å². The zero-order valence-corrected chi connectivity index (χ0v) is 16.3. The summed E-state index contributed by atoms with van der Waals surface area (Å²) in [7, 11) is 0. The van der Waals surface area contributed by atoms with Crippen molar-refractivity contribution in [3.8, 4) is 0 Å². The highest BCUT2D eigenvalue weighted by Gasteiger charge is 2.30. The van der Waals surface area contributed by atoms with Crippen molar-refractivity contribution in [1.29, 1.82) is 0 Å². The summed E-state index contributed by atoms with van der Waals surface area (Å²) in [5.41, 5.74) is 2.97. The summed E-state index contributed by atoms with van der Waals surface area (Å²) in [6.07, 6.45) is 2.07. The van der Waals surface area contributed by atoms with E-state index < -0.39 is 0 Å². The Morgan fingerprint density at radius 3 is 2.66 bits per heavy atom. The molecule has 0 saturated heterocycles. The molecule has 2 atom stereocenters. The van der Waals surface area contributed by atoms with Crippen LogP contribution in [0.25, 0.3) is 11.0 Å². The first kappa shape index (κ1) is 17.6. The molecular weight excluding hydrogens is 362 g/mol. The van der Waals surface area contributed by atoms with Crippen LogP contribution in [0.4, 0.5) is 4.79 Å². The van der Waals surface area contributed by atoms with Crippen LogP contribution >= 0.6 is 0 Å². The molecule has 1 aliphatic rings. The van der Waals surface area contributed by atoms with E-state index in [1.165, 1.54) is 0 Å². The van der Waals surface area contributed by atoms with Gasteiger partial charge in [0.25, 0.3) is 0 Å². The van der Waals surface area contributed by atoms with Crippen molar-refractivity contribution in [1.82, 2.24) is 14.8 Å². The first-order valence-electron chi connectivity index (χ1n) is 9.96. The van der Waals surface area contributed by atoms with Gasteiger partial charge < -0.3 is 19.2 Å². The zero-order chi connectivity index (χ0) is 19.8. The van der Waals surface area contributed by atoms with Crippen LogP contribution in [0.1, 0.15) is 36.0 Å². The molecule has 5 rings (SSSR count). The number of furan rings is 1. The maximum atomic E-state index is 13.3. The topological polar surface area (TPSA) is 50.4 Å². The van der Waals surface area contributed by atoms with Gasteiger partial charge >= 0.3 is 6.03 Å². The van der Waals surface area contributed by atoms with Crippen molar-refractivity contribution in [2.45, 2.75) is 25.6 Å². The number of nitrogens with one attached hydrogen (secondary N) is 1. The normalized spacial score (nSPS) is 17.1. The zero-order valence-electron chi connectivity index (χ0n) is 16.3. The van der Waals surface area contributed by atoms with Gasteiger partial charge in [-0.3, -0.25) is 0 Å². The van der Waals surface area contributed by atoms with Crippen LogP contribution in [0.2, 0.25) is 0 Å². The minimum absolute atomic E-state index is 0.0193. The monoisotopic (exact) mass is 385 g/mol. The Bertz CT molecular complexity index is 1110. The third kappa shape index (κ3) is 3.18. The number of amides is 2. The summed E-state index contributed by atoms with van der Waals surface area (Å²) in [5.74, 6) is 0.735. The molecule has 1 N–H and O–H groups in total. The minimum Gasteiger partial charge on any atom is -0.459 e. The third-order valence-corrected chi connectivity index (χ3v) is 5.73. The van der Waals surface area contributed by atoms with Crippen molar-refractivity contribution < 1.29 is 9.21 Å². The predicted octanol–water partition coefficient (Wildman–Crippen LogP) is 5.11. The standard InChI is InChI=1S/C24H23N3O2/c1-17-20-11-7-13-26(20)14-15-27(17)24(28)25-23(18-8-3-2-4-9-18)22-16-19-10-5-6-12-21(19)29-22/h2-13,16-17,23H,14-15H2,1H3,(H,25,28). The highest BCUT2D eigenvalue weighted by molar-refractivity contribution is 5.79. The van der Waals surface area contributed by atoms with E-state index in [1.807, 2.05) is 71.6 Å². The quantitative estimate of drug-likeness (QED) is 0.533. The van der Waals surface area contributed by atoms with Crippen LogP contribution in [0, 0.1) is 0 Å². The van der Waals surface area contributed by atoms with Crippen molar-refractivity contribution in [2.75, 3.05) is 6.54 Å². The van der Waals surface area contributed by atoms with Crippen molar-refractivity contribution in [3.63, 3.8) is 0 Å². The number of nitrogens with zero attached hydrogens (tertiary/aromatic N) is 2. The number of benzene rings is 2. The Labute approximate surface area is 169 Å². The van der Waals surface area contributed by atoms with Crippen molar-refractivity contribution in [3.05, 3.63) is 96.0 Å². The highest BCUT2D eigenvalue weighted by Crippen LogP contribution is 2.30. The van der Waals surface area contributed by atoms with E-state index in [0.29, 0.717) is 6.54 Å². The second kappa shape index (κ2) is 7.17. The van der Waals surface area contributed by atoms with Crippen LogP contribution in [-0.4, -0.2) is 22.0 Å². The van der Waals surface area contributed by atoms with E-state index in [-0.39, 0.29) is 18.1 Å². The molecular formula is C24H23N3O2. The van der Waals surface area contributed by atoms with E-state index in [0.717, 1.165) is 34.5 Å².